The van der Waals surface area contributed by atoms with Crippen LogP contribution in [0.2, 0.25) is 4.34 Å². The maximum atomic E-state index is 6.02. The van der Waals surface area contributed by atoms with Crippen LogP contribution in [0.25, 0.3) is 10.6 Å². The zero-order chi connectivity index (χ0) is 11.5. The number of halogens is 1. The van der Waals surface area contributed by atoms with E-state index in [1.54, 1.807) is 11.3 Å². The molecule has 1 nitrogen and oxygen atoms in total. The molecule has 2 rings (SSSR count). The molecular formula is C13H14ClNS. The lowest BCUT2D eigenvalue weighted by molar-refractivity contribution is 0.922. The van der Waals surface area contributed by atoms with Crippen molar-refractivity contribution >= 4 is 22.9 Å². The Morgan fingerprint density at radius 3 is 2.44 bits per heavy atom. The quantitative estimate of drug-likeness (QED) is 0.769. The third-order valence-electron chi connectivity index (χ3n) is 2.48. The second-order valence-electron chi connectivity index (χ2n) is 3.83. The van der Waals surface area contributed by atoms with E-state index in [1.807, 2.05) is 6.92 Å². The monoisotopic (exact) mass is 251 g/mol. The lowest BCUT2D eigenvalue weighted by Gasteiger charge is -2.00. The first-order valence-corrected chi connectivity index (χ1v) is 6.62. The fourth-order valence-corrected chi connectivity index (χ4v) is 2.67. The summed E-state index contributed by atoms with van der Waals surface area (Å²) in [6.45, 7) is 4.13. The van der Waals surface area contributed by atoms with Crippen molar-refractivity contribution in [3.8, 4) is 10.6 Å². The van der Waals surface area contributed by atoms with E-state index in [1.165, 1.54) is 12.0 Å². The van der Waals surface area contributed by atoms with E-state index >= 15 is 0 Å². The van der Waals surface area contributed by atoms with Crippen LogP contribution < -0.4 is 0 Å². The van der Waals surface area contributed by atoms with Crippen LogP contribution in [0.4, 0.5) is 0 Å². The van der Waals surface area contributed by atoms with Gasteiger partial charge in [-0.25, -0.2) is 4.98 Å². The highest BCUT2D eigenvalue weighted by atomic mass is 35.5. The molecule has 1 aromatic heterocycles. The zero-order valence-corrected chi connectivity index (χ0v) is 11.0. The molecule has 3 heteroatoms. The molecule has 0 fully saturated rings. The van der Waals surface area contributed by atoms with Gasteiger partial charge < -0.3 is 0 Å². The summed E-state index contributed by atoms with van der Waals surface area (Å²) in [5.74, 6) is 0. The second-order valence-corrected chi connectivity index (χ2v) is 5.43. The Bertz CT molecular complexity index is 454. The average Bonchev–Trinajstić information content (AvgIpc) is 2.61. The Hall–Kier alpha value is -0.860. The molecule has 0 aliphatic heterocycles. The number of aromatic nitrogens is 1. The third kappa shape index (κ3) is 2.45. The highest BCUT2D eigenvalue weighted by Gasteiger charge is 2.06. The molecule has 1 heterocycles. The van der Waals surface area contributed by atoms with E-state index in [2.05, 4.69) is 36.2 Å². The molecule has 0 saturated carbocycles. The van der Waals surface area contributed by atoms with Crippen molar-refractivity contribution in [2.75, 3.05) is 0 Å². The van der Waals surface area contributed by atoms with Gasteiger partial charge in [-0.2, -0.15) is 0 Å². The maximum absolute atomic E-state index is 6.02. The molecule has 16 heavy (non-hydrogen) atoms. The predicted octanol–water partition coefficient (Wildman–Crippen LogP) is 4.72. The van der Waals surface area contributed by atoms with E-state index < -0.39 is 0 Å². The summed E-state index contributed by atoms with van der Waals surface area (Å²) in [7, 11) is 0. The number of aryl methyl sites for hydroxylation is 2. The topological polar surface area (TPSA) is 12.9 Å². The van der Waals surface area contributed by atoms with Crippen LogP contribution in [0, 0.1) is 6.92 Å². The molecule has 0 unspecified atom stereocenters. The van der Waals surface area contributed by atoms with Crippen molar-refractivity contribution in [2.45, 2.75) is 26.7 Å². The van der Waals surface area contributed by atoms with Gasteiger partial charge in [0.25, 0.3) is 0 Å². The van der Waals surface area contributed by atoms with E-state index in [-0.39, 0.29) is 0 Å². The first-order chi connectivity index (χ1) is 7.70. The normalized spacial score (nSPS) is 10.7. The molecule has 2 aromatic rings. The number of hydrogen-bond acceptors (Lipinski definition) is 2. The van der Waals surface area contributed by atoms with Crippen molar-refractivity contribution in [1.29, 1.82) is 0 Å². The number of benzene rings is 1. The van der Waals surface area contributed by atoms with E-state index in [0.29, 0.717) is 0 Å². The summed E-state index contributed by atoms with van der Waals surface area (Å²) in [6.07, 6.45) is 2.32. The summed E-state index contributed by atoms with van der Waals surface area (Å²) >= 11 is 7.56. The zero-order valence-electron chi connectivity index (χ0n) is 9.46. The van der Waals surface area contributed by atoms with Crippen LogP contribution in [-0.4, -0.2) is 4.98 Å². The van der Waals surface area contributed by atoms with Gasteiger partial charge in [0.15, 0.2) is 0 Å². The summed E-state index contributed by atoms with van der Waals surface area (Å²) in [5.41, 5.74) is 3.45. The highest BCUT2D eigenvalue weighted by molar-refractivity contribution is 7.19. The van der Waals surface area contributed by atoms with Gasteiger partial charge in [0.1, 0.15) is 9.34 Å². The van der Waals surface area contributed by atoms with Crippen LogP contribution in [0.1, 0.15) is 24.6 Å². The smallest absolute Gasteiger partial charge is 0.125 e. The molecule has 0 N–H and O–H groups in total. The van der Waals surface area contributed by atoms with Crippen LogP contribution in [0.3, 0.4) is 0 Å². The van der Waals surface area contributed by atoms with Gasteiger partial charge in [-0.05, 0) is 18.9 Å². The molecule has 0 atom stereocenters. The molecule has 0 radical (unpaired) electrons. The number of nitrogens with zero attached hydrogens (tertiary/aromatic N) is 1. The van der Waals surface area contributed by atoms with Gasteiger partial charge in [-0.1, -0.05) is 49.2 Å². The van der Waals surface area contributed by atoms with Crippen LogP contribution >= 0.6 is 22.9 Å². The fourth-order valence-electron chi connectivity index (χ4n) is 1.60. The van der Waals surface area contributed by atoms with Gasteiger partial charge in [-0.15, -0.1) is 11.3 Å². The van der Waals surface area contributed by atoms with Gasteiger partial charge in [0.2, 0.25) is 0 Å². The van der Waals surface area contributed by atoms with Gasteiger partial charge in [0, 0.05) is 5.56 Å². The summed E-state index contributed by atoms with van der Waals surface area (Å²) < 4.78 is 0.785. The van der Waals surface area contributed by atoms with Crippen molar-refractivity contribution in [3.63, 3.8) is 0 Å². The highest BCUT2D eigenvalue weighted by Crippen LogP contribution is 2.31. The molecular weight excluding hydrogens is 238 g/mol. The van der Waals surface area contributed by atoms with Crippen LogP contribution in [0.15, 0.2) is 24.3 Å². The number of hydrogen-bond donors (Lipinski definition) is 0. The average molecular weight is 252 g/mol. The molecule has 0 aliphatic carbocycles. The van der Waals surface area contributed by atoms with Gasteiger partial charge in [0.05, 0.1) is 5.69 Å². The Labute approximate surface area is 105 Å². The molecule has 84 valence electrons. The summed E-state index contributed by atoms with van der Waals surface area (Å²) in [5, 5.41) is 1.01. The fraction of sp³-hybridized carbons (Fsp3) is 0.308. The lowest BCUT2D eigenvalue weighted by atomic mass is 10.1. The Kier molecular flexibility index (Phi) is 3.62. The SMILES string of the molecule is CCCc1ccc(-c2nc(C)c(Cl)s2)cc1. The van der Waals surface area contributed by atoms with Crippen molar-refractivity contribution in [2.24, 2.45) is 0 Å². The minimum Gasteiger partial charge on any atom is -0.240 e. The second kappa shape index (κ2) is 4.98. The number of thiazole rings is 1. The Morgan fingerprint density at radius 1 is 1.25 bits per heavy atom. The molecule has 0 spiro atoms. The van der Waals surface area contributed by atoms with Crippen molar-refractivity contribution in [3.05, 3.63) is 39.9 Å². The van der Waals surface area contributed by atoms with Crippen molar-refractivity contribution < 1.29 is 0 Å². The third-order valence-corrected chi connectivity index (χ3v) is 3.98. The Balaban J connectivity index is 2.27. The molecule has 0 amide bonds. The standard InChI is InChI=1S/C13H14ClNS/c1-3-4-10-5-7-11(8-6-10)13-15-9(2)12(14)16-13/h5-8H,3-4H2,1-2H3. The van der Waals surface area contributed by atoms with E-state index in [9.17, 15) is 0 Å². The predicted molar refractivity (Wildman–Crippen MR) is 71.3 cm³/mol. The molecule has 1 aromatic carbocycles. The van der Waals surface area contributed by atoms with Crippen LogP contribution in [0.5, 0.6) is 0 Å². The maximum Gasteiger partial charge on any atom is 0.125 e. The number of rotatable bonds is 3. The molecule has 0 aliphatic rings. The van der Waals surface area contributed by atoms with Gasteiger partial charge >= 0.3 is 0 Å². The van der Waals surface area contributed by atoms with Crippen molar-refractivity contribution in [1.82, 2.24) is 4.98 Å². The molecule has 0 bridgehead atoms. The van der Waals surface area contributed by atoms with Gasteiger partial charge in [-0.3, -0.25) is 0 Å². The summed E-state index contributed by atoms with van der Waals surface area (Å²) in [4.78, 5) is 4.44. The Morgan fingerprint density at radius 2 is 1.94 bits per heavy atom. The first kappa shape index (κ1) is 11.6. The lowest BCUT2D eigenvalue weighted by Crippen LogP contribution is -1.83. The summed E-state index contributed by atoms with van der Waals surface area (Å²) in [6, 6.07) is 8.59. The minimum atomic E-state index is 0.785. The van der Waals surface area contributed by atoms with E-state index in [4.69, 9.17) is 11.6 Å². The van der Waals surface area contributed by atoms with E-state index in [0.717, 1.165) is 27.0 Å². The molecule has 0 saturated heterocycles. The van der Waals surface area contributed by atoms with Crippen LogP contribution in [-0.2, 0) is 6.42 Å². The largest absolute Gasteiger partial charge is 0.240 e. The first-order valence-electron chi connectivity index (χ1n) is 5.43. The minimum absolute atomic E-state index is 0.785.